The lowest BCUT2D eigenvalue weighted by molar-refractivity contribution is 0.318. The SMILES string of the molecule is CC1CC1CN(C)c1ccnc(C(N)=NO)c1. The Bertz CT molecular complexity index is 432. The summed E-state index contributed by atoms with van der Waals surface area (Å²) in [5.74, 6) is 1.67. The molecular formula is C12H18N4O. The summed E-state index contributed by atoms with van der Waals surface area (Å²) in [5.41, 5.74) is 7.06. The van der Waals surface area contributed by atoms with E-state index in [-0.39, 0.29) is 5.84 Å². The van der Waals surface area contributed by atoms with Crippen LogP contribution in [-0.2, 0) is 0 Å². The van der Waals surface area contributed by atoms with Gasteiger partial charge in [-0.25, -0.2) is 0 Å². The molecule has 1 aliphatic rings. The molecule has 2 rings (SSSR count). The minimum absolute atomic E-state index is 0.0417. The maximum atomic E-state index is 8.62. The Morgan fingerprint density at radius 2 is 2.41 bits per heavy atom. The zero-order valence-electron chi connectivity index (χ0n) is 10.2. The highest BCUT2D eigenvalue weighted by Crippen LogP contribution is 2.38. The predicted molar refractivity (Wildman–Crippen MR) is 67.3 cm³/mol. The number of rotatable bonds is 4. The molecule has 0 amide bonds. The Balaban J connectivity index is 2.09. The van der Waals surface area contributed by atoms with Crippen LogP contribution in [0, 0.1) is 11.8 Å². The van der Waals surface area contributed by atoms with E-state index in [1.165, 1.54) is 6.42 Å². The number of nitrogens with zero attached hydrogens (tertiary/aromatic N) is 3. The van der Waals surface area contributed by atoms with Crippen molar-refractivity contribution >= 4 is 11.5 Å². The first-order chi connectivity index (χ1) is 8.11. The molecule has 17 heavy (non-hydrogen) atoms. The van der Waals surface area contributed by atoms with Gasteiger partial charge in [0.15, 0.2) is 5.84 Å². The smallest absolute Gasteiger partial charge is 0.188 e. The van der Waals surface area contributed by atoms with E-state index < -0.39 is 0 Å². The molecule has 1 heterocycles. The van der Waals surface area contributed by atoms with Crippen LogP contribution in [0.1, 0.15) is 19.0 Å². The lowest BCUT2D eigenvalue weighted by atomic mass is 10.2. The van der Waals surface area contributed by atoms with Crippen LogP contribution in [0.25, 0.3) is 0 Å². The zero-order chi connectivity index (χ0) is 12.4. The maximum Gasteiger partial charge on any atom is 0.188 e. The summed E-state index contributed by atoms with van der Waals surface area (Å²) in [4.78, 5) is 6.24. The number of aromatic nitrogens is 1. The quantitative estimate of drug-likeness (QED) is 0.356. The van der Waals surface area contributed by atoms with Gasteiger partial charge in [0.1, 0.15) is 5.69 Å². The molecule has 1 fully saturated rings. The second kappa shape index (κ2) is 4.61. The summed E-state index contributed by atoms with van der Waals surface area (Å²) in [5, 5.41) is 11.6. The number of oxime groups is 1. The molecule has 1 aromatic rings. The molecule has 0 bridgehead atoms. The lowest BCUT2D eigenvalue weighted by Gasteiger charge is -2.19. The summed E-state index contributed by atoms with van der Waals surface area (Å²) in [7, 11) is 2.05. The van der Waals surface area contributed by atoms with Gasteiger partial charge < -0.3 is 15.8 Å². The van der Waals surface area contributed by atoms with Gasteiger partial charge in [-0.15, -0.1) is 0 Å². The largest absolute Gasteiger partial charge is 0.409 e. The summed E-state index contributed by atoms with van der Waals surface area (Å²) in [6.45, 7) is 3.31. The fourth-order valence-electron chi connectivity index (χ4n) is 1.96. The lowest BCUT2D eigenvalue weighted by Crippen LogP contribution is -2.22. The van der Waals surface area contributed by atoms with E-state index in [1.807, 2.05) is 12.1 Å². The third-order valence-corrected chi connectivity index (χ3v) is 3.34. The first-order valence-corrected chi connectivity index (χ1v) is 5.77. The highest BCUT2D eigenvalue weighted by atomic mass is 16.4. The van der Waals surface area contributed by atoms with Gasteiger partial charge in [0.25, 0.3) is 0 Å². The molecule has 2 atom stereocenters. The van der Waals surface area contributed by atoms with Crippen LogP contribution in [0.4, 0.5) is 5.69 Å². The van der Waals surface area contributed by atoms with E-state index in [9.17, 15) is 0 Å². The van der Waals surface area contributed by atoms with Gasteiger partial charge in [-0.3, -0.25) is 4.98 Å². The average Bonchev–Trinajstić information content (AvgIpc) is 3.04. The Kier molecular flexibility index (Phi) is 3.17. The molecule has 5 heteroatoms. The Labute approximate surface area is 101 Å². The summed E-state index contributed by atoms with van der Waals surface area (Å²) >= 11 is 0. The molecular weight excluding hydrogens is 216 g/mol. The Morgan fingerprint density at radius 3 is 3.00 bits per heavy atom. The molecule has 3 N–H and O–H groups in total. The third kappa shape index (κ3) is 2.67. The van der Waals surface area contributed by atoms with Crippen LogP contribution in [0.5, 0.6) is 0 Å². The second-order valence-electron chi connectivity index (χ2n) is 4.74. The number of anilines is 1. The number of hydrogen-bond donors (Lipinski definition) is 2. The fourth-order valence-corrected chi connectivity index (χ4v) is 1.96. The standard InChI is InChI=1S/C12H18N4O/c1-8-5-9(8)7-16(2)10-3-4-14-11(6-10)12(13)15-17/h3-4,6,8-9,17H,5,7H2,1-2H3,(H2,13,15). The van der Waals surface area contributed by atoms with Crippen molar-refractivity contribution in [1.82, 2.24) is 4.98 Å². The topological polar surface area (TPSA) is 74.7 Å². The molecule has 1 saturated carbocycles. The van der Waals surface area contributed by atoms with Crippen molar-refractivity contribution < 1.29 is 5.21 Å². The van der Waals surface area contributed by atoms with E-state index >= 15 is 0 Å². The summed E-state index contributed by atoms with van der Waals surface area (Å²) < 4.78 is 0. The molecule has 0 spiro atoms. The molecule has 5 nitrogen and oxygen atoms in total. The highest BCUT2D eigenvalue weighted by Gasteiger charge is 2.33. The Morgan fingerprint density at radius 1 is 1.71 bits per heavy atom. The predicted octanol–water partition coefficient (Wildman–Crippen LogP) is 1.27. The first-order valence-electron chi connectivity index (χ1n) is 5.77. The highest BCUT2D eigenvalue weighted by molar-refractivity contribution is 5.95. The van der Waals surface area contributed by atoms with Gasteiger partial charge in [0, 0.05) is 25.5 Å². The van der Waals surface area contributed by atoms with Crippen LogP contribution in [0.15, 0.2) is 23.5 Å². The zero-order valence-corrected chi connectivity index (χ0v) is 10.2. The summed E-state index contributed by atoms with van der Waals surface area (Å²) in [6.07, 6.45) is 2.98. The van der Waals surface area contributed by atoms with Crippen molar-refractivity contribution in [2.45, 2.75) is 13.3 Å². The first kappa shape index (κ1) is 11.7. The molecule has 2 unspecified atom stereocenters. The molecule has 0 aliphatic heterocycles. The van der Waals surface area contributed by atoms with Crippen LogP contribution in [0.2, 0.25) is 0 Å². The van der Waals surface area contributed by atoms with Gasteiger partial charge in [0.05, 0.1) is 0 Å². The van der Waals surface area contributed by atoms with Crippen molar-refractivity contribution in [3.63, 3.8) is 0 Å². The maximum absolute atomic E-state index is 8.62. The van der Waals surface area contributed by atoms with Crippen LogP contribution in [0.3, 0.4) is 0 Å². The number of amidine groups is 1. The third-order valence-electron chi connectivity index (χ3n) is 3.34. The van der Waals surface area contributed by atoms with Crippen molar-refractivity contribution in [2.75, 3.05) is 18.5 Å². The summed E-state index contributed by atoms with van der Waals surface area (Å²) in [6, 6.07) is 3.77. The minimum Gasteiger partial charge on any atom is -0.409 e. The minimum atomic E-state index is 0.0417. The van der Waals surface area contributed by atoms with Gasteiger partial charge in [-0.1, -0.05) is 12.1 Å². The van der Waals surface area contributed by atoms with Crippen molar-refractivity contribution in [3.05, 3.63) is 24.0 Å². The molecule has 1 aromatic heterocycles. The normalized spacial score (nSPS) is 23.5. The van der Waals surface area contributed by atoms with Gasteiger partial charge in [-0.2, -0.15) is 0 Å². The van der Waals surface area contributed by atoms with Gasteiger partial charge in [0.2, 0.25) is 0 Å². The number of hydrogen-bond acceptors (Lipinski definition) is 4. The molecule has 0 aromatic carbocycles. The van der Waals surface area contributed by atoms with Crippen molar-refractivity contribution in [1.29, 1.82) is 0 Å². The average molecular weight is 234 g/mol. The van der Waals surface area contributed by atoms with E-state index in [0.717, 1.165) is 24.1 Å². The second-order valence-corrected chi connectivity index (χ2v) is 4.74. The fraction of sp³-hybridized carbons (Fsp3) is 0.500. The number of nitrogens with two attached hydrogens (primary N) is 1. The molecule has 1 aliphatic carbocycles. The van der Waals surface area contributed by atoms with E-state index in [2.05, 4.69) is 29.0 Å². The van der Waals surface area contributed by atoms with Crippen molar-refractivity contribution in [2.24, 2.45) is 22.7 Å². The van der Waals surface area contributed by atoms with E-state index in [1.54, 1.807) is 6.20 Å². The van der Waals surface area contributed by atoms with E-state index in [0.29, 0.717) is 5.69 Å². The van der Waals surface area contributed by atoms with Crippen LogP contribution in [-0.4, -0.2) is 29.6 Å². The molecule has 0 saturated heterocycles. The van der Waals surface area contributed by atoms with Crippen molar-refractivity contribution in [3.8, 4) is 0 Å². The number of pyridine rings is 1. The monoisotopic (exact) mass is 234 g/mol. The van der Waals surface area contributed by atoms with Gasteiger partial charge >= 0.3 is 0 Å². The van der Waals surface area contributed by atoms with Crippen LogP contribution >= 0.6 is 0 Å². The Hall–Kier alpha value is -1.78. The van der Waals surface area contributed by atoms with E-state index in [4.69, 9.17) is 10.9 Å². The molecule has 92 valence electrons. The van der Waals surface area contributed by atoms with Crippen LogP contribution < -0.4 is 10.6 Å². The molecule has 0 radical (unpaired) electrons. The van der Waals surface area contributed by atoms with Gasteiger partial charge in [-0.05, 0) is 30.4 Å².